The second-order valence-electron chi connectivity index (χ2n) is 3.47. The lowest BCUT2D eigenvalue weighted by atomic mass is 10.4. The fourth-order valence-corrected chi connectivity index (χ4v) is 1.83. The number of carbonyl (C=O) groups excluding carboxylic acids is 1. The van der Waals surface area contributed by atoms with Gasteiger partial charge in [-0.15, -0.1) is 0 Å². The van der Waals surface area contributed by atoms with E-state index in [1.165, 1.54) is 10.9 Å². The van der Waals surface area contributed by atoms with Gasteiger partial charge in [0.05, 0.1) is 17.4 Å². The van der Waals surface area contributed by atoms with Crippen molar-refractivity contribution in [2.45, 2.75) is 0 Å². The Morgan fingerprint density at radius 1 is 1.35 bits per heavy atom. The molecule has 0 amide bonds. The molecule has 0 saturated heterocycles. The molecule has 0 aliphatic rings. The number of fused-ring (bicyclic) bond motifs is 1. The summed E-state index contributed by atoms with van der Waals surface area (Å²) >= 11 is 5.80. The van der Waals surface area contributed by atoms with Crippen LogP contribution in [0.15, 0.2) is 36.8 Å². The normalized spacial score (nSPS) is 10.9. The average Bonchev–Trinajstić information content (AvgIpc) is 2.91. The topological polar surface area (TPSA) is 52.2 Å². The van der Waals surface area contributed by atoms with Gasteiger partial charge in [-0.1, -0.05) is 17.7 Å². The summed E-state index contributed by atoms with van der Waals surface area (Å²) in [6.07, 6.45) is 5.64. The van der Waals surface area contributed by atoms with E-state index in [-0.39, 0.29) is 0 Å². The molecule has 0 spiro atoms. The first-order valence-corrected chi connectivity index (χ1v) is 5.30. The van der Waals surface area contributed by atoms with Crippen molar-refractivity contribution in [2.24, 2.45) is 0 Å². The fourth-order valence-electron chi connectivity index (χ4n) is 1.70. The van der Waals surface area contributed by atoms with E-state index in [4.69, 9.17) is 11.6 Å². The third-order valence-corrected chi connectivity index (χ3v) is 2.62. The first kappa shape index (κ1) is 10.0. The molecule has 0 saturated carbocycles. The molecule has 3 rings (SSSR count). The molecule has 17 heavy (non-hydrogen) atoms. The van der Waals surface area contributed by atoms with Gasteiger partial charge < -0.3 is 0 Å². The van der Waals surface area contributed by atoms with Crippen LogP contribution in [-0.4, -0.2) is 25.5 Å². The molecule has 84 valence electrons. The van der Waals surface area contributed by atoms with Crippen LogP contribution in [0, 0.1) is 0 Å². The van der Waals surface area contributed by atoms with Crippen LogP contribution in [0.3, 0.4) is 0 Å². The Bertz CT molecular complexity index is 700. The third-order valence-electron chi connectivity index (χ3n) is 2.43. The standard InChI is InChI=1S/C11H7ClN4O/c12-8-5-13-16(6-8)11-9(7-17)15-4-2-1-3-10(15)14-11/h1-7H. The number of aromatic nitrogens is 4. The summed E-state index contributed by atoms with van der Waals surface area (Å²) in [5.41, 5.74) is 1.14. The zero-order chi connectivity index (χ0) is 11.8. The van der Waals surface area contributed by atoms with Gasteiger partial charge in [-0.2, -0.15) is 5.10 Å². The summed E-state index contributed by atoms with van der Waals surface area (Å²) in [5.74, 6) is 0.470. The van der Waals surface area contributed by atoms with E-state index in [2.05, 4.69) is 10.1 Å². The van der Waals surface area contributed by atoms with Gasteiger partial charge in [0, 0.05) is 6.20 Å². The van der Waals surface area contributed by atoms with Crippen molar-refractivity contribution >= 4 is 23.5 Å². The molecule has 5 nitrogen and oxygen atoms in total. The lowest BCUT2D eigenvalue weighted by Gasteiger charge is -1.96. The van der Waals surface area contributed by atoms with Crippen LogP contribution in [0.2, 0.25) is 5.02 Å². The van der Waals surface area contributed by atoms with Crippen molar-refractivity contribution in [3.05, 3.63) is 47.5 Å². The number of hydrogen-bond acceptors (Lipinski definition) is 3. The summed E-state index contributed by atoms with van der Waals surface area (Å²) in [6, 6.07) is 5.51. The molecule has 0 fully saturated rings. The Labute approximate surface area is 101 Å². The number of carbonyl (C=O) groups is 1. The summed E-state index contributed by atoms with van der Waals surface area (Å²) in [4.78, 5) is 15.5. The smallest absolute Gasteiger partial charge is 0.183 e. The first-order chi connectivity index (χ1) is 8.29. The largest absolute Gasteiger partial charge is 0.296 e. The van der Waals surface area contributed by atoms with Crippen LogP contribution in [0.1, 0.15) is 10.5 Å². The number of halogens is 1. The van der Waals surface area contributed by atoms with Gasteiger partial charge in [-0.3, -0.25) is 9.20 Å². The van der Waals surface area contributed by atoms with E-state index in [1.54, 1.807) is 16.8 Å². The predicted molar refractivity (Wildman–Crippen MR) is 62.7 cm³/mol. The van der Waals surface area contributed by atoms with E-state index in [0.29, 0.717) is 22.2 Å². The van der Waals surface area contributed by atoms with Crippen molar-refractivity contribution in [3.8, 4) is 5.82 Å². The van der Waals surface area contributed by atoms with Gasteiger partial charge >= 0.3 is 0 Å². The SMILES string of the molecule is O=Cc1c(-n2cc(Cl)cn2)nc2ccccn12. The highest BCUT2D eigenvalue weighted by Gasteiger charge is 2.13. The number of imidazole rings is 1. The summed E-state index contributed by atoms with van der Waals surface area (Å²) in [7, 11) is 0. The molecule has 0 aromatic carbocycles. The summed E-state index contributed by atoms with van der Waals surface area (Å²) < 4.78 is 3.19. The van der Waals surface area contributed by atoms with Crippen molar-refractivity contribution < 1.29 is 4.79 Å². The maximum Gasteiger partial charge on any atom is 0.183 e. The maximum atomic E-state index is 11.1. The second-order valence-corrected chi connectivity index (χ2v) is 3.91. The molecule has 0 bridgehead atoms. The zero-order valence-corrected chi connectivity index (χ0v) is 9.37. The minimum Gasteiger partial charge on any atom is -0.296 e. The van der Waals surface area contributed by atoms with Crippen molar-refractivity contribution in [2.75, 3.05) is 0 Å². The van der Waals surface area contributed by atoms with Crippen LogP contribution in [0.4, 0.5) is 0 Å². The summed E-state index contributed by atoms with van der Waals surface area (Å²) in [6.45, 7) is 0. The molecule has 0 atom stereocenters. The molecule has 3 aromatic heterocycles. The monoisotopic (exact) mass is 246 g/mol. The molecule has 0 aliphatic heterocycles. The number of pyridine rings is 1. The van der Waals surface area contributed by atoms with E-state index >= 15 is 0 Å². The van der Waals surface area contributed by atoms with E-state index in [9.17, 15) is 4.79 Å². The molecule has 3 heterocycles. The second kappa shape index (κ2) is 3.71. The van der Waals surface area contributed by atoms with Crippen LogP contribution >= 0.6 is 11.6 Å². The zero-order valence-electron chi connectivity index (χ0n) is 8.62. The van der Waals surface area contributed by atoms with E-state index < -0.39 is 0 Å². The lowest BCUT2D eigenvalue weighted by Crippen LogP contribution is -2.00. The molecule has 0 aliphatic carbocycles. The molecule has 3 aromatic rings. The van der Waals surface area contributed by atoms with Gasteiger partial charge in [0.15, 0.2) is 12.1 Å². The van der Waals surface area contributed by atoms with Gasteiger partial charge in [0.1, 0.15) is 11.3 Å². The van der Waals surface area contributed by atoms with Gasteiger partial charge in [-0.05, 0) is 12.1 Å². The Morgan fingerprint density at radius 2 is 2.24 bits per heavy atom. The summed E-state index contributed by atoms with van der Waals surface area (Å²) in [5, 5.41) is 4.54. The molecular weight excluding hydrogens is 240 g/mol. The number of rotatable bonds is 2. The molecule has 6 heteroatoms. The Morgan fingerprint density at radius 3 is 2.94 bits per heavy atom. The Kier molecular flexibility index (Phi) is 2.19. The van der Waals surface area contributed by atoms with Crippen LogP contribution in [0.5, 0.6) is 0 Å². The molecular formula is C11H7ClN4O. The highest BCUT2D eigenvalue weighted by Crippen LogP contribution is 2.16. The van der Waals surface area contributed by atoms with Crippen LogP contribution in [-0.2, 0) is 0 Å². The molecule has 0 unspecified atom stereocenters. The van der Waals surface area contributed by atoms with Gasteiger partial charge in [-0.25, -0.2) is 9.67 Å². The first-order valence-electron chi connectivity index (χ1n) is 4.92. The molecule has 0 radical (unpaired) electrons. The van der Waals surface area contributed by atoms with Crippen LogP contribution in [0.25, 0.3) is 11.5 Å². The molecule has 0 N–H and O–H groups in total. The number of aldehydes is 1. The minimum absolute atomic E-state index is 0.445. The van der Waals surface area contributed by atoms with Crippen molar-refractivity contribution in [1.82, 2.24) is 19.2 Å². The minimum atomic E-state index is 0.445. The third kappa shape index (κ3) is 1.52. The lowest BCUT2D eigenvalue weighted by molar-refractivity contribution is 0.111. The van der Waals surface area contributed by atoms with Crippen molar-refractivity contribution in [3.63, 3.8) is 0 Å². The fraction of sp³-hybridized carbons (Fsp3) is 0. The maximum absolute atomic E-state index is 11.1. The number of hydrogen-bond donors (Lipinski definition) is 0. The van der Waals surface area contributed by atoms with Gasteiger partial charge in [0.25, 0.3) is 0 Å². The highest BCUT2D eigenvalue weighted by molar-refractivity contribution is 6.30. The average molecular weight is 247 g/mol. The van der Waals surface area contributed by atoms with Crippen LogP contribution < -0.4 is 0 Å². The Balaban J connectivity index is 2.32. The Hall–Kier alpha value is -2.14. The quantitative estimate of drug-likeness (QED) is 0.650. The predicted octanol–water partition coefficient (Wildman–Crippen LogP) is 1.99. The van der Waals surface area contributed by atoms with Crippen molar-refractivity contribution in [1.29, 1.82) is 0 Å². The van der Waals surface area contributed by atoms with E-state index in [0.717, 1.165) is 6.29 Å². The number of nitrogens with zero attached hydrogens (tertiary/aromatic N) is 4. The van der Waals surface area contributed by atoms with E-state index in [1.807, 2.05) is 18.2 Å². The highest BCUT2D eigenvalue weighted by atomic mass is 35.5. The van der Waals surface area contributed by atoms with Gasteiger partial charge in [0.2, 0.25) is 0 Å².